The van der Waals surface area contributed by atoms with Gasteiger partial charge in [0.2, 0.25) is 0 Å². The van der Waals surface area contributed by atoms with E-state index in [0.717, 1.165) is 16.2 Å². The molecule has 0 N–H and O–H groups in total. The van der Waals surface area contributed by atoms with Gasteiger partial charge >= 0.3 is 0 Å². The Morgan fingerprint density at radius 3 is 2.44 bits per heavy atom. The molecule has 0 aliphatic heterocycles. The van der Waals surface area contributed by atoms with Gasteiger partial charge in [-0.25, -0.2) is 0 Å². The first-order valence-corrected chi connectivity index (χ1v) is 5.83. The molecule has 1 aromatic heterocycles. The Hall–Kier alpha value is -1.08. The first kappa shape index (κ1) is 11.4. The largest absolute Gasteiger partial charge is 0.253 e. The molecule has 1 aromatic carbocycles. The molecule has 2 rings (SSSR count). The molecule has 1 nitrogen and oxygen atoms in total. The highest BCUT2D eigenvalue weighted by Gasteiger charge is 2.17. The fourth-order valence-electron chi connectivity index (χ4n) is 1.95. The molecule has 0 fully saturated rings. The molecule has 2 aromatic rings. The summed E-state index contributed by atoms with van der Waals surface area (Å²) in [6.07, 6.45) is 0. The van der Waals surface area contributed by atoms with Crippen LogP contribution < -0.4 is 0 Å². The van der Waals surface area contributed by atoms with Crippen molar-refractivity contribution in [1.29, 1.82) is 0 Å². The summed E-state index contributed by atoms with van der Waals surface area (Å²) in [5.41, 5.74) is 3.48. The molecule has 0 aliphatic rings. The van der Waals surface area contributed by atoms with Crippen LogP contribution in [0.4, 0.5) is 0 Å². The molecule has 84 valence electrons. The predicted octanol–water partition coefficient (Wildman–Crippen LogP) is 4.49. The second kappa shape index (κ2) is 3.74. The first-order valence-electron chi connectivity index (χ1n) is 5.45. The lowest BCUT2D eigenvalue weighted by molar-refractivity contribution is 0.594. The number of aryl methyl sites for hydroxylation is 1. The normalized spacial score (nSPS) is 12.1. The summed E-state index contributed by atoms with van der Waals surface area (Å²) in [6.45, 7) is 8.68. The Kier molecular flexibility index (Phi) is 2.67. The lowest BCUT2D eigenvalue weighted by Crippen LogP contribution is -2.12. The number of nitrogens with zero attached hydrogens (tertiary/aromatic N) is 1. The van der Waals surface area contributed by atoms with Crippen molar-refractivity contribution in [3.8, 4) is 0 Å². The van der Waals surface area contributed by atoms with Crippen LogP contribution in [-0.2, 0) is 5.41 Å². The molecule has 0 aliphatic carbocycles. The average molecular weight is 234 g/mol. The van der Waals surface area contributed by atoms with Crippen LogP contribution in [0.5, 0.6) is 0 Å². The van der Waals surface area contributed by atoms with Gasteiger partial charge in [-0.15, -0.1) is 0 Å². The third kappa shape index (κ3) is 2.05. The van der Waals surface area contributed by atoms with Gasteiger partial charge in [-0.2, -0.15) is 0 Å². The quantitative estimate of drug-likeness (QED) is 0.653. The van der Waals surface area contributed by atoms with Crippen molar-refractivity contribution in [2.24, 2.45) is 0 Å². The molecule has 0 radical (unpaired) electrons. The Morgan fingerprint density at radius 1 is 1.12 bits per heavy atom. The molecular formula is C14H16ClN. The van der Waals surface area contributed by atoms with Gasteiger partial charge in [0, 0.05) is 16.1 Å². The highest BCUT2D eigenvalue weighted by atomic mass is 35.5. The number of aromatic nitrogens is 1. The van der Waals surface area contributed by atoms with Crippen LogP contribution >= 0.6 is 11.6 Å². The molecule has 0 saturated carbocycles. The van der Waals surface area contributed by atoms with Crippen LogP contribution in [-0.4, -0.2) is 4.98 Å². The van der Waals surface area contributed by atoms with E-state index in [2.05, 4.69) is 37.9 Å². The van der Waals surface area contributed by atoms with Crippen molar-refractivity contribution >= 4 is 22.5 Å². The number of hydrogen-bond acceptors (Lipinski definition) is 1. The third-order valence-electron chi connectivity index (χ3n) is 2.71. The molecule has 0 bridgehead atoms. The number of fused-ring (bicyclic) bond motifs is 1. The van der Waals surface area contributed by atoms with Gasteiger partial charge in [0.1, 0.15) is 0 Å². The van der Waals surface area contributed by atoms with Crippen molar-refractivity contribution in [2.45, 2.75) is 33.1 Å². The van der Waals surface area contributed by atoms with Crippen LogP contribution in [0.1, 0.15) is 32.0 Å². The Bertz CT molecular complexity index is 533. The lowest BCUT2D eigenvalue weighted by atomic mass is 9.84. The average Bonchev–Trinajstić information content (AvgIpc) is 2.14. The maximum Gasteiger partial charge on any atom is 0.0722 e. The number of rotatable bonds is 0. The van der Waals surface area contributed by atoms with E-state index < -0.39 is 0 Å². The van der Waals surface area contributed by atoms with Gasteiger partial charge in [-0.05, 0) is 36.1 Å². The van der Waals surface area contributed by atoms with Crippen LogP contribution in [0.25, 0.3) is 10.9 Å². The second-order valence-corrected chi connectivity index (χ2v) is 5.66. The number of pyridine rings is 1. The van der Waals surface area contributed by atoms with Crippen molar-refractivity contribution in [2.75, 3.05) is 0 Å². The predicted molar refractivity (Wildman–Crippen MR) is 70.2 cm³/mol. The topological polar surface area (TPSA) is 12.9 Å². The maximum absolute atomic E-state index is 6.00. The second-order valence-electron chi connectivity index (χ2n) is 5.22. The Labute approximate surface area is 101 Å². The zero-order valence-electron chi connectivity index (χ0n) is 10.1. The van der Waals surface area contributed by atoms with Gasteiger partial charge in [0.25, 0.3) is 0 Å². The summed E-state index contributed by atoms with van der Waals surface area (Å²) in [5.74, 6) is 0. The monoisotopic (exact) mass is 233 g/mol. The highest BCUT2D eigenvalue weighted by molar-refractivity contribution is 6.31. The van der Waals surface area contributed by atoms with Crippen molar-refractivity contribution < 1.29 is 0 Å². The van der Waals surface area contributed by atoms with Crippen LogP contribution in [0.2, 0.25) is 5.02 Å². The first-order chi connectivity index (χ1) is 7.38. The van der Waals surface area contributed by atoms with Gasteiger partial charge in [0.15, 0.2) is 0 Å². The lowest BCUT2D eigenvalue weighted by Gasteiger charge is -2.21. The van der Waals surface area contributed by atoms with Gasteiger partial charge in [-0.3, -0.25) is 4.98 Å². The van der Waals surface area contributed by atoms with E-state index >= 15 is 0 Å². The zero-order valence-corrected chi connectivity index (χ0v) is 10.9. The minimum Gasteiger partial charge on any atom is -0.253 e. The van der Waals surface area contributed by atoms with Crippen molar-refractivity contribution in [3.63, 3.8) is 0 Å². The molecule has 16 heavy (non-hydrogen) atoms. The molecule has 1 heterocycles. The molecule has 0 atom stereocenters. The van der Waals surface area contributed by atoms with Crippen molar-refractivity contribution in [3.05, 3.63) is 40.5 Å². The summed E-state index contributed by atoms with van der Waals surface area (Å²) in [4.78, 5) is 4.53. The van der Waals surface area contributed by atoms with E-state index in [1.165, 1.54) is 10.9 Å². The molecule has 0 amide bonds. The molecule has 0 saturated heterocycles. The fraction of sp³-hybridized carbons (Fsp3) is 0.357. The van der Waals surface area contributed by atoms with E-state index in [9.17, 15) is 0 Å². The maximum atomic E-state index is 6.00. The molecule has 0 spiro atoms. The number of hydrogen-bond donors (Lipinski definition) is 0. The summed E-state index contributed by atoms with van der Waals surface area (Å²) < 4.78 is 0. The van der Waals surface area contributed by atoms with E-state index in [1.54, 1.807) is 0 Å². The smallest absolute Gasteiger partial charge is 0.0722 e. The SMILES string of the molecule is Cc1cc(C(C)(C)C)c2ccc(Cl)cc2n1. The number of halogens is 1. The van der Waals surface area contributed by atoms with Gasteiger partial charge in [0.05, 0.1) is 5.52 Å². The highest BCUT2D eigenvalue weighted by Crippen LogP contribution is 2.30. The minimum atomic E-state index is 0.125. The van der Waals surface area contributed by atoms with Crippen LogP contribution in [0.3, 0.4) is 0 Å². The molecule has 0 unspecified atom stereocenters. The molecule has 2 heteroatoms. The number of benzene rings is 1. The third-order valence-corrected chi connectivity index (χ3v) is 2.94. The van der Waals surface area contributed by atoms with Crippen LogP contribution in [0, 0.1) is 6.92 Å². The van der Waals surface area contributed by atoms with Crippen molar-refractivity contribution in [1.82, 2.24) is 4.98 Å². The van der Waals surface area contributed by atoms with E-state index in [-0.39, 0.29) is 5.41 Å². The summed E-state index contributed by atoms with van der Waals surface area (Å²) in [6, 6.07) is 8.08. The Morgan fingerprint density at radius 2 is 1.81 bits per heavy atom. The Balaban J connectivity index is 2.83. The van der Waals surface area contributed by atoms with E-state index in [4.69, 9.17) is 11.6 Å². The fourth-order valence-corrected chi connectivity index (χ4v) is 2.12. The molecular weight excluding hydrogens is 218 g/mol. The van der Waals surface area contributed by atoms with Gasteiger partial charge in [-0.1, -0.05) is 38.4 Å². The minimum absolute atomic E-state index is 0.125. The van der Waals surface area contributed by atoms with Gasteiger partial charge < -0.3 is 0 Å². The summed E-state index contributed by atoms with van der Waals surface area (Å²) >= 11 is 6.00. The van der Waals surface area contributed by atoms with Crippen LogP contribution in [0.15, 0.2) is 24.3 Å². The zero-order chi connectivity index (χ0) is 11.9. The standard InChI is InChI=1S/C14H16ClN/c1-9-7-12(14(2,3)4)11-6-5-10(15)8-13(11)16-9/h5-8H,1-4H3. The summed E-state index contributed by atoms with van der Waals surface area (Å²) in [7, 11) is 0. The summed E-state index contributed by atoms with van der Waals surface area (Å²) in [5, 5.41) is 1.94. The van der Waals surface area contributed by atoms with E-state index in [0.29, 0.717) is 0 Å². The van der Waals surface area contributed by atoms with E-state index in [1.807, 2.05) is 19.1 Å².